The van der Waals surface area contributed by atoms with Gasteiger partial charge in [0, 0.05) is 16.8 Å². The van der Waals surface area contributed by atoms with Gasteiger partial charge in [0.05, 0.1) is 6.54 Å². The summed E-state index contributed by atoms with van der Waals surface area (Å²) in [5.41, 5.74) is 6.26. The van der Waals surface area contributed by atoms with Crippen LogP contribution >= 0.6 is 11.3 Å². The second-order valence-electron chi connectivity index (χ2n) is 6.68. The lowest BCUT2D eigenvalue weighted by Crippen LogP contribution is -2.49. The van der Waals surface area contributed by atoms with Crippen molar-refractivity contribution in [2.24, 2.45) is 28.6 Å². The molecular weight excluding hydrogens is 334 g/mol. The average Bonchev–Trinajstić information content (AvgIpc) is 2.93. The Labute approximate surface area is 140 Å². The van der Waals surface area contributed by atoms with Gasteiger partial charge in [0.1, 0.15) is 4.21 Å². The molecule has 3 rings (SSSR count). The van der Waals surface area contributed by atoms with E-state index >= 15 is 0 Å². The molecule has 2 fully saturated rings. The highest BCUT2D eigenvalue weighted by Crippen LogP contribution is 2.41. The van der Waals surface area contributed by atoms with Gasteiger partial charge in [-0.1, -0.05) is 6.42 Å². The first-order valence-corrected chi connectivity index (χ1v) is 10.4. The topological polar surface area (TPSA) is 115 Å². The summed E-state index contributed by atoms with van der Waals surface area (Å²) in [5.74, 6) is 1.02. The molecule has 0 aromatic carbocycles. The van der Waals surface area contributed by atoms with Crippen LogP contribution in [0.5, 0.6) is 0 Å². The molecule has 0 radical (unpaired) electrons. The van der Waals surface area contributed by atoms with Gasteiger partial charge in [-0.25, -0.2) is 13.6 Å². The SMILES string of the molecule is NC1C2CCCC1CC(C(=O)NCc1ccc(S(N)(=O)=O)s1)C2. The number of hydrogen-bond acceptors (Lipinski definition) is 5. The molecular formula is C15H23N3O3S2. The summed E-state index contributed by atoms with van der Waals surface area (Å²) < 4.78 is 22.7. The molecule has 2 saturated carbocycles. The molecule has 1 aromatic heterocycles. The average molecular weight is 358 g/mol. The molecule has 23 heavy (non-hydrogen) atoms. The molecule has 2 atom stereocenters. The highest BCUT2D eigenvalue weighted by molar-refractivity contribution is 7.91. The minimum absolute atomic E-state index is 0.0303. The van der Waals surface area contributed by atoms with Gasteiger partial charge in [0.25, 0.3) is 0 Å². The zero-order chi connectivity index (χ0) is 16.6. The fraction of sp³-hybridized carbons (Fsp3) is 0.667. The molecule has 2 aliphatic rings. The lowest BCUT2D eigenvalue weighted by Gasteiger charge is -2.43. The normalized spacial score (nSPS) is 30.9. The van der Waals surface area contributed by atoms with E-state index < -0.39 is 10.0 Å². The third-order valence-corrected chi connectivity index (χ3v) is 7.66. The Morgan fingerprint density at radius 1 is 1.26 bits per heavy atom. The number of sulfonamides is 1. The highest BCUT2D eigenvalue weighted by Gasteiger charge is 2.40. The maximum atomic E-state index is 12.4. The van der Waals surface area contributed by atoms with Crippen molar-refractivity contribution in [1.29, 1.82) is 0 Å². The van der Waals surface area contributed by atoms with E-state index in [1.54, 1.807) is 6.07 Å². The quantitative estimate of drug-likeness (QED) is 0.750. The number of fused-ring (bicyclic) bond motifs is 2. The molecule has 5 N–H and O–H groups in total. The number of nitrogens with two attached hydrogens (primary N) is 2. The molecule has 0 aliphatic heterocycles. The Morgan fingerprint density at radius 2 is 1.91 bits per heavy atom. The van der Waals surface area contributed by atoms with Crippen LogP contribution in [0, 0.1) is 17.8 Å². The molecule has 128 valence electrons. The Kier molecular flexibility index (Phi) is 4.78. The van der Waals surface area contributed by atoms with E-state index in [0.717, 1.165) is 41.9 Å². The van der Waals surface area contributed by atoms with Gasteiger partial charge in [0.2, 0.25) is 15.9 Å². The fourth-order valence-corrected chi connectivity index (χ4v) is 5.65. The van der Waals surface area contributed by atoms with Crippen LogP contribution in [0.4, 0.5) is 0 Å². The van der Waals surface area contributed by atoms with Crippen molar-refractivity contribution < 1.29 is 13.2 Å². The van der Waals surface area contributed by atoms with Gasteiger partial charge in [0.15, 0.2) is 0 Å². The number of hydrogen-bond donors (Lipinski definition) is 3. The molecule has 0 spiro atoms. The Morgan fingerprint density at radius 3 is 2.48 bits per heavy atom. The third-order valence-electron chi connectivity index (χ3n) is 5.14. The highest BCUT2D eigenvalue weighted by atomic mass is 32.2. The van der Waals surface area contributed by atoms with Crippen LogP contribution in [0.2, 0.25) is 0 Å². The van der Waals surface area contributed by atoms with Gasteiger partial charge in [-0.15, -0.1) is 11.3 Å². The van der Waals surface area contributed by atoms with Crippen molar-refractivity contribution in [3.8, 4) is 0 Å². The number of carbonyl (C=O) groups excluding carboxylic acids is 1. The Hall–Kier alpha value is -0.960. The number of thiophene rings is 1. The smallest absolute Gasteiger partial charge is 0.247 e. The molecule has 1 amide bonds. The summed E-state index contributed by atoms with van der Waals surface area (Å²) in [6.07, 6.45) is 5.23. The van der Waals surface area contributed by atoms with Crippen molar-refractivity contribution in [3.63, 3.8) is 0 Å². The van der Waals surface area contributed by atoms with E-state index in [1.807, 2.05) is 0 Å². The van der Waals surface area contributed by atoms with Crippen LogP contribution in [-0.4, -0.2) is 20.4 Å². The van der Waals surface area contributed by atoms with Gasteiger partial charge >= 0.3 is 0 Å². The van der Waals surface area contributed by atoms with Gasteiger partial charge < -0.3 is 11.1 Å². The largest absolute Gasteiger partial charge is 0.351 e. The van der Waals surface area contributed by atoms with E-state index in [1.165, 1.54) is 12.5 Å². The van der Waals surface area contributed by atoms with Crippen molar-refractivity contribution in [2.45, 2.75) is 48.9 Å². The molecule has 1 aromatic rings. The summed E-state index contributed by atoms with van der Waals surface area (Å²) in [6, 6.07) is 3.42. The maximum Gasteiger partial charge on any atom is 0.247 e. The van der Waals surface area contributed by atoms with Crippen molar-refractivity contribution >= 4 is 27.3 Å². The predicted molar refractivity (Wildman–Crippen MR) is 89.1 cm³/mol. The number of nitrogens with one attached hydrogen (secondary N) is 1. The monoisotopic (exact) mass is 357 g/mol. The van der Waals surface area contributed by atoms with Crippen LogP contribution in [0.1, 0.15) is 37.0 Å². The molecule has 0 saturated heterocycles. The Balaban J connectivity index is 1.57. The summed E-state index contributed by atoms with van der Waals surface area (Å²) in [4.78, 5) is 13.2. The molecule has 2 bridgehead atoms. The van der Waals surface area contributed by atoms with Gasteiger partial charge in [-0.3, -0.25) is 4.79 Å². The standard InChI is InChI=1S/C15H23N3O3S2/c16-14-9-2-1-3-10(14)7-11(6-9)15(19)18-8-12-4-5-13(22-12)23(17,20)21/h4-5,9-11,14H,1-3,6-8,16H2,(H,18,19)(H2,17,20,21). The second kappa shape index (κ2) is 6.51. The molecule has 1 heterocycles. The van der Waals surface area contributed by atoms with Crippen LogP contribution < -0.4 is 16.2 Å². The molecule has 2 aliphatic carbocycles. The van der Waals surface area contributed by atoms with E-state index in [2.05, 4.69) is 5.32 Å². The Bertz CT molecular complexity index is 672. The first-order valence-electron chi connectivity index (χ1n) is 7.99. The van der Waals surface area contributed by atoms with E-state index in [9.17, 15) is 13.2 Å². The van der Waals surface area contributed by atoms with Gasteiger partial charge in [-0.2, -0.15) is 0 Å². The summed E-state index contributed by atoms with van der Waals surface area (Å²) in [6.45, 7) is 0.344. The summed E-state index contributed by atoms with van der Waals surface area (Å²) in [7, 11) is -3.67. The molecule has 2 unspecified atom stereocenters. The predicted octanol–water partition coefficient (Wildman–Crippen LogP) is 1.17. The van der Waals surface area contributed by atoms with Crippen LogP contribution in [0.15, 0.2) is 16.3 Å². The van der Waals surface area contributed by atoms with Gasteiger partial charge in [-0.05, 0) is 49.7 Å². The van der Waals surface area contributed by atoms with Crippen LogP contribution in [-0.2, 0) is 21.4 Å². The van der Waals surface area contributed by atoms with Crippen LogP contribution in [0.25, 0.3) is 0 Å². The zero-order valence-electron chi connectivity index (χ0n) is 12.9. The van der Waals surface area contributed by atoms with E-state index in [4.69, 9.17) is 10.9 Å². The van der Waals surface area contributed by atoms with Crippen molar-refractivity contribution in [3.05, 3.63) is 17.0 Å². The zero-order valence-corrected chi connectivity index (χ0v) is 14.5. The minimum Gasteiger partial charge on any atom is -0.351 e. The van der Waals surface area contributed by atoms with Crippen molar-refractivity contribution in [2.75, 3.05) is 0 Å². The third kappa shape index (κ3) is 3.76. The van der Waals surface area contributed by atoms with Crippen LogP contribution in [0.3, 0.4) is 0 Å². The van der Waals surface area contributed by atoms with E-state index in [-0.39, 0.29) is 22.1 Å². The molecule has 8 heteroatoms. The first-order chi connectivity index (χ1) is 10.8. The molecule has 6 nitrogen and oxygen atoms in total. The number of carbonyl (C=O) groups is 1. The fourth-order valence-electron chi connectivity index (χ4n) is 3.93. The lowest BCUT2D eigenvalue weighted by atomic mass is 9.65. The number of rotatable bonds is 4. The summed E-state index contributed by atoms with van der Waals surface area (Å²) >= 11 is 1.10. The lowest BCUT2D eigenvalue weighted by molar-refractivity contribution is -0.128. The van der Waals surface area contributed by atoms with E-state index in [0.29, 0.717) is 18.4 Å². The number of primary sulfonamides is 1. The minimum atomic E-state index is -3.67. The number of amides is 1. The maximum absolute atomic E-state index is 12.4. The summed E-state index contributed by atoms with van der Waals surface area (Å²) in [5, 5.41) is 8.02. The van der Waals surface area contributed by atoms with Crippen molar-refractivity contribution in [1.82, 2.24) is 5.32 Å². The first kappa shape index (κ1) is 16.9. The second-order valence-corrected chi connectivity index (χ2v) is 9.64.